The highest BCUT2D eigenvalue weighted by Crippen LogP contribution is 2.44. The average Bonchev–Trinajstić information content (AvgIpc) is 3.02. The number of benzene rings is 2. The quantitative estimate of drug-likeness (QED) is 0.290. The zero-order valence-corrected chi connectivity index (χ0v) is 27.6. The summed E-state index contributed by atoms with van der Waals surface area (Å²) in [5, 5.41) is 0. The van der Waals surface area contributed by atoms with Gasteiger partial charge in [0.15, 0.2) is 0 Å². The highest BCUT2D eigenvalue weighted by Gasteiger charge is 2.50. The van der Waals surface area contributed by atoms with Gasteiger partial charge in [-0.15, -0.1) is 0 Å². The van der Waals surface area contributed by atoms with Crippen molar-refractivity contribution in [3.8, 4) is 11.5 Å². The monoisotopic (exact) mass is 626 g/mol. The van der Waals surface area contributed by atoms with E-state index in [1.165, 1.54) is 5.56 Å². The molecule has 0 bridgehead atoms. The Bertz CT molecular complexity index is 1280. The van der Waals surface area contributed by atoms with Gasteiger partial charge in [0.1, 0.15) is 35.4 Å². The smallest absolute Gasteiger partial charge is 0.410 e. The molecule has 248 valence electrons. The molecule has 1 fully saturated rings. The van der Waals surface area contributed by atoms with Gasteiger partial charge in [0, 0.05) is 53.4 Å². The van der Waals surface area contributed by atoms with E-state index < -0.39 is 17.3 Å². The predicted molar refractivity (Wildman–Crippen MR) is 171 cm³/mol. The van der Waals surface area contributed by atoms with Gasteiger partial charge in [0.25, 0.3) is 0 Å². The minimum Gasteiger partial charge on any atom is -0.493 e. The van der Waals surface area contributed by atoms with Gasteiger partial charge in [-0.3, -0.25) is 0 Å². The normalized spacial score (nSPS) is 21.2. The fourth-order valence-corrected chi connectivity index (χ4v) is 6.38. The van der Waals surface area contributed by atoms with Crippen LogP contribution in [0.1, 0.15) is 56.7 Å². The van der Waals surface area contributed by atoms with Crippen LogP contribution in [0.25, 0.3) is 0 Å². The molecule has 1 amide bonds. The lowest BCUT2D eigenvalue weighted by Crippen LogP contribution is -2.59. The number of anilines is 1. The van der Waals surface area contributed by atoms with Crippen molar-refractivity contribution in [1.29, 1.82) is 0 Å². The molecule has 45 heavy (non-hydrogen) atoms. The molecule has 10 nitrogen and oxygen atoms in total. The fraction of sp³-hybridized carbons (Fsp3) is 0.629. The van der Waals surface area contributed by atoms with Crippen LogP contribution in [0.15, 0.2) is 36.4 Å². The van der Waals surface area contributed by atoms with E-state index in [-0.39, 0.29) is 6.09 Å². The van der Waals surface area contributed by atoms with Crippen LogP contribution in [-0.4, -0.2) is 96.1 Å². The van der Waals surface area contributed by atoms with Gasteiger partial charge in [-0.25, -0.2) is 4.79 Å². The van der Waals surface area contributed by atoms with E-state index in [2.05, 4.69) is 29.2 Å². The van der Waals surface area contributed by atoms with Crippen molar-refractivity contribution >= 4 is 11.8 Å². The number of rotatable bonds is 12. The first-order chi connectivity index (χ1) is 21.7. The number of methoxy groups -OCH3 is 2. The molecule has 3 aliphatic heterocycles. The number of carbonyl (C=O) groups is 1. The second-order valence-electron chi connectivity index (χ2n) is 13.0. The molecule has 2 atom stereocenters. The largest absolute Gasteiger partial charge is 0.493 e. The predicted octanol–water partition coefficient (Wildman–Crippen LogP) is 5.33. The summed E-state index contributed by atoms with van der Waals surface area (Å²) < 4.78 is 41.6. The third-order valence-electron chi connectivity index (χ3n) is 8.55. The third-order valence-corrected chi connectivity index (χ3v) is 8.55. The first kappa shape index (κ1) is 33.3. The number of nitrogens with zero attached hydrogens (tertiary/aromatic N) is 2. The van der Waals surface area contributed by atoms with Gasteiger partial charge in [-0.2, -0.15) is 0 Å². The Morgan fingerprint density at radius 3 is 2.62 bits per heavy atom. The van der Waals surface area contributed by atoms with E-state index in [1.807, 2.05) is 32.9 Å². The van der Waals surface area contributed by atoms with Crippen LogP contribution >= 0.6 is 0 Å². The lowest BCUT2D eigenvalue weighted by atomic mass is 9.77. The summed E-state index contributed by atoms with van der Waals surface area (Å²) in [6.07, 6.45) is 2.42. The molecule has 1 saturated heterocycles. The van der Waals surface area contributed by atoms with Crippen molar-refractivity contribution in [2.45, 2.75) is 70.4 Å². The Labute approximate surface area is 267 Å². The molecular formula is C35H50N2O8. The average molecular weight is 627 g/mol. The van der Waals surface area contributed by atoms with Crippen molar-refractivity contribution < 1.29 is 38.0 Å². The lowest BCUT2D eigenvalue weighted by Gasteiger charge is -2.49. The molecule has 0 radical (unpaired) electrons. The van der Waals surface area contributed by atoms with Gasteiger partial charge in [0.2, 0.25) is 0 Å². The molecule has 0 saturated carbocycles. The highest BCUT2D eigenvalue weighted by atomic mass is 16.6. The summed E-state index contributed by atoms with van der Waals surface area (Å²) in [6, 6.07) is 12.5. The van der Waals surface area contributed by atoms with Crippen molar-refractivity contribution in [3.05, 3.63) is 53.1 Å². The van der Waals surface area contributed by atoms with E-state index in [1.54, 1.807) is 19.1 Å². The van der Waals surface area contributed by atoms with Gasteiger partial charge < -0.3 is 43.0 Å². The molecule has 0 unspecified atom stereocenters. The number of likely N-dealkylation sites (tertiary alicyclic amines) is 1. The van der Waals surface area contributed by atoms with Gasteiger partial charge in [-0.05, 0) is 74.6 Å². The SMILES string of the molecule is COCCCOc1ccc2c(c1)CCO[C@@]21CCN(C(=O)OC(C)(C)C)C[C@@H]1OCc1ccc2c(c1)N(CCCOC)CCO2. The topological polar surface area (TPSA) is 88.2 Å². The summed E-state index contributed by atoms with van der Waals surface area (Å²) in [5.74, 6) is 1.73. The molecule has 2 aromatic rings. The Kier molecular flexibility index (Phi) is 11.1. The molecule has 3 heterocycles. The van der Waals surface area contributed by atoms with Gasteiger partial charge in [0.05, 0.1) is 38.6 Å². The number of hydrogen-bond donors (Lipinski definition) is 0. The maximum absolute atomic E-state index is 13.2. The van der Waals surface area contributed by atoms with E-state index >= 15 is 0 Å². The van der Waals surface area contributed by atoms with Crippen LogP contribution in [0.4, 0.5) is 10.5 Å². The van der Waals surface area contributed by atoms with Crippen molar-refractivity contribution in [1.82, 2.24) is 4.90 Å². The second-order valence-corrected chi connectivity index (χ2v) is 13.0. The summed E-state index contributed by atoms with van der Waals surface area (Å²) in [6.45, 7) is 11.8. The maximum atomic E-state index is 13.2. The molecule has 0 aliphatic carbocycles. The molecule has 3 aliphatic rings. The second kappa shape index (κ2) is 15.0. The van der Waals surface area contributed by atoms with E-state index in [0.29, 0.717) is 52.5 Å². The highest BCUT2D eigenvalue weighted by molar-refractivity contribution is 5.68. The van der Waals surface area contributed by atoms with Crippen molar-refractivity contribution in [2.24, 2.45) is 0 Å². The molecule has 1 spiro atoms. The van der Waals surface area contributed by atoms with E-state index in [4.69, 9.17) is 33.2 Å². The first-order valence-corrected chi connectivity index (χ1v) is 16.2. The summed E-state index contributed by atoms with van der Waals surface area (Å²) in [4.78, 5) is 17.3. The van der Waals surface area contributed by atoms with Crippen LogP contribution in [0, 0.1) is 0 Å². The van der Waals surface area contributed by atoms with Gasteiger partial charge >= 0.3 is 6.09 Å². The number of piperidine rings is 1. The number of ether oxygens (including phenoxy) is 7. The Hall–Kier alpha value is -3.05. The van der Waals surface area contributed by atoms with Crippen molar-refractivity contribution in [3.63, 3.8) is 0 Å². The zero-order chi connectivity index (χ0) is 31.9. The van der Waals surface area contributed by atoms with Crippen LogP contribution in [0.3, 0.4) is 0 Å². The summed E-state index contributed by atoms with van der Waals surface area (Å²) in [7, 11) is 3.43. The summed E-state index contributed by atoms with van der Waals surface area (Å²) >= 11 is 0. The molecule has 10 heteroatoms. The molecule has 2 aromatic carbocycles. The molecular weight excluding hydrogens is 576 g/mol. The standard InChI is InChI=1S/C35H50N2O8/c1-34(2,3)45-33(38)37-15-13-35(29-10-9-28(41-19-7-18-40-5)23-27(29)12-20-44-35)32(24-37)43-25-26-8-11-31-30(22-26)36(16-21-42-31)14-6-17-39-4/h8-11,22-23,32H,6-7,12-21,24-25H2,1-5H3/t32-,35-/m0/s1. The molecule has 0 aromatic heterocycles. The van der Waals surface area contributed by atoms with E-state index in [9.17, 15) is 4.79 Å². The minimum atomic E-state index is -0.690. The lowest BCUT2D eigenvalue weighted by molar-refractivity contribution is -0.190. The zero-order valence-electron chi connectivity index (χ0n) is 27.6. The third kappa shape index (κ3) is 8.22. The maximum Gasteiger partial charge on any atom is 0.410 e. The Morgan fingerprint density at radius 2 is 1.82 bits per heavy atom. The van der Waals surface area contributed by atoms with Gasteiger partial charge in [-0.1, -0.05) is 12.1 Å². The number of fused-ring (bicyclic) bond motifs is 3. The van der Waals surface area contributed by atoms with Crippen LogP contribution in [0.5, 0.6) is 11.5 Å². The summed E-state index contributed by atoms with van der Waals surface area (Å²) in [5.41, 5.74) is 3.14. The molecule has 5 rings (SSSR count). The van der Waals surface area contributed by atoms with Crippen LogP contribution in [0.2, 0.25) is 0 Å². The minimum absolute atomic E-state index is 0.334. The Balaban J connectivity index is 1.38. The fourth-order valence-electron chi connectivity index (χ4n) is 6.38. The first-order valence-electron chi connectivity index (χ1n) is 16.2. The Morgan fingerprint density at radius 1 is 1.00 bits per heavy atom. The van der Waals surface area contributed by atoms with E-state index in [0.717, 1.165) is 67.3 Å². The number of carbonyl (C=O) groups excluding carboxylic acids is 1. The van der Waals surface area contributed by atoms with Crippen LogP contribution < -0.4 is 14.4 Å². The van der Waals surface area contributed by atoms with Crippen molar-refractivity contribution in [2.75, 3.05) is 78.3 Å². The number of amides is 1. The van der Waals surface area contributed by atoms with Crippen LogP contribution in [-0.2, 0) is 42.3 Å². The molecule has 0 N–H and O–H groups in total. The number of hydrogen-bond acceptors (Lipinski definition) is 9.